The second kappa shape index (κ2) is 9.07. The third kappa shape index (κ3) is 4.47. The highest BCUT2D eigenvalue weighted by molar-refractivity contribution is 6.33. The Morgan fingerprint density at radius 2 is 1.94 bits per heavy atom. The minimum Gasteiger partial charge on any atom is -0.497 e. The molecule has 0 atom stereocenters. The second-order valence-corrected chi connectivity index (χ2v) is 8.29. The van der Waals surface area contributed by atoms with Gasteiger partial charge in [-0.2, -0.15) is 4.98 Å². The lowest BCUT2D eigenvalue weighted by atomic mass is 9.97. The number of rotatable bonds is 4. The first kappa shape index (κ1) is 21.2. The number of benzene rings is 2. The SMILES string of the molecule is COc1ccc2nc(-c3noc(C4CCN(C(=O)Nc5ccccc5Cl)CC4)n3)ccc2c1. The first-order chi connectivity index (χ1) is 16.1. The van der Waals surface area contributed by atoms with Crippen molar-refractivity contribution in [3.05, 3.63) is 65.5 Å². The van der Waals surface area contributed by atoms with Crippen molar-refractivity contribution in [2.75, 3.05) is 25.5 Å². The number of methoxy groups -OCH3 is 1. The molecule has 168 valence electrons. The van der Waals surface area contributed by atoms with Crippen LogP contribution >= 0.6 is 11.6 Å². The fourth-order valence-electron chi connectivity index (χ4n) is 3.95. The number of para-hydroxylation sites is 1. The maximum Gasteiger partial charge on any atom is 0.321 e. The zero-order valence-corrected chi connectivity index (χ0v) is 18.7. The molecule has 0 saturated carbocycles. The van der Waals surface area contributed by atoms with Gasteiger partial charge in [-0.25, -0.2) is 9.78 Å². The van der Waals surface area contributed by atoms with Crippen LogP contribution in [0.1, 0.15) is 24.7 Å². The van der Waals surface area contributed by atoms with Crippen molar-refractivity contribution < 1.29 is 14.1 Å². The first-order valence-electron chi connectivity index (χ1n) is 10.7. The molecule has 1 fully saturated rings. The monoisotopic (exact) mass is 463 g/mol. The second-order valence-electron chi connectivity index (χ2n) is 7.88. The molecule has 0 radical (unpaired) electrons. The summed E-state index contributed by atoms with van der Waals surface area (Å²) in [7, 11) is 1.64. The Labute approximate surface area is 195 Å². The van der Waals surface area contributed by atoms with E-state index in [0.717, 1.165) is 29.5 Å². The number of anilines is 1. The van der Waals surface area contributed by atoms with Crippen LogP contribution in [0.15, 0.2) is 59.1 Å². The van der Waals surface area contributed by atoms with E-state index in [-0.39, 0.29) is 11.9 Å². The van der Waals surface area contributed by atoms with Crippen molar-refractivity contribution >= 4 is 34.2 Å². The number of halogens is 1. The van der Waals surface area contributed by atoms with E-state index >= 15 is 0 Å². The number of ether oxygens (including phenoxy) is 1. The van der Waals surface area contributed by atoms with Crippen LogP contribution < -0.4 is 10.1 Å². The van der Waals surface area contributed by atoms with Crippen LogP contribution in [0.2, 0.25) is 5.02 Å². The Kier molecular flexibility index (Phi) is 5.83. The number of likely N-dealkylation sites (tertiary alicyclic amines) is 1. The van der Waals surface area contributed by atoms with Crippen molar-refractivity contribution in [2.45, 2.75) is 18.8 Å². The van der Waals surface area contributed by atoms with Crippen molar-refractivity contribution in [2.24, 2.45) is 0 Å². The number of aromatic nitrogens is 3. The lowest BCUT2D eigenvalue weighted by molar-refractivity contribution is 0.187. The lowest BCUT2D eigenvalue weighted by Gasteiger charge is -2.30. The zero-order valence-electron chi connectivity index (χ0n) is 18.0. The molecule has 8 nitrogen and oxygen atoms in total. The highest BCUT2D eigenvalue weighted by Crippen LogP contribution is 2.30. The topological polar surface area (TPSA) is 93.4 Å². The number of urea groups is 1. The molecule has 4 aromatic rings. The minimum atomic E-state index is -0.162. The van der Waals surface area contributed by atoms with E-state index in [1.165, 1.54) is 0 Å². The number of nitrogens with zero attached hydrogens (tertiary/aromatic N) is 4. The summed E-state index contributed by atoms with van der Waals surface area (Å²) in [6.45, 7) is 1.18. The highest BCUT2D eigenvalue weighted by Gasteiger charge is 2.28. The number of carbonyl (C=O) groups excluding carboxylic acids is 1. The molecule has 0 unspecified atom stereocenters. The van der Waals surface area contributed by atoms with Crippen LogP contribution in [-0.2, 0) is 0 Å². The van der Waals surface area contributed by atoms with Gasteiger partial charge in [0.05, 0.1) is 23.3 Å². The highest BCUT2D eigenvalue weighted by atomic mass is 35.5. The summed E-state index contributed by atoms with van der Waals surface area (Å²) in [4.78, 5) is 23.6. The van der Waals surface area contributed by atoms with Gasteiger partial charge in [0.15, 0.2) is 0 Å². The smallest absolute Gasteiger partial charge is 0.321 e. The van der Waals surface area contributed by atoms with E-state index in [0.29, 0.717) is 41.2 Å². The molecule has 1 aliphatic rings. The quantitative estimate of drug-likeness (QED) is 0.438. The number of carbonyl (C=O) groups is 1. The number of hydrogen-bond donors (Lipinski definition) is 1. The maximum atomic E-state index is 12.6. The summed E-state index contributed by atoms with van der Waals surface area (Å²) < 4.78 is 10.8. The van der Waals surface area contributed by atoms with Crippen molar-refractivity contribution in [1.82, 2.24) is 20.0 Å². The zero-order chi connectivity index (χ0) is 22.8. The van der Waals surface area contributed by atoms with Crippen LogP contribution in [0, 0.1) is 0 Å². The van der Waals surface area contributed by atoms with E-state index in [1.54, 1.807) is 24.1 Å². The predicted molar refractivity (Wildman–Crippen MR) is 126 cm³/mol. The van der Waals surface area contributed by atoms with Gasteiger partial charge in [0.2, 0.25) is 11.7 Å². The molecule has 33 heavy (non-hydrogen) atoms. The van der Waals surface area contributed by atoms with Gasteiger partial charge in [-0.15, -0.1) is 0 Å². The molecular formula is C24H22ClN5O3. The van der Waals surface area contributed by atoms with E-state index in [4.69, 9.17) is 20.9 Å². The standard InChI is InChI=1S/C24H22ClN5O3/c1-32-17-7-9-19-16(14-17)6-8-21(26-19)22-28-23(33-29-22)15-10-12-30(13-11-15)24(31)27-20-5-3-2-4-18(20)25/h2-9,14-15H,10-13H2,1H3,(H,27,31). The van der Waals surface area contributed by atoms with Gasteiger partial charge < -0.3 is 19.5 Å². The van der Waals surface area contributed by atoms with Crippen LogP contribution in [0.25, 0.3) is 22.4 Å². The molecule has 0 spiro atoms. The van der Waals surface area contributed by atoms with Gasteiger partial charge in [0.25, 0.3) is 0 Å². The van der Waals surface area contributed by atoms with Crippen LogP contribution in [0.4, 0.5) is 10.5 Å². The van der Waals surface area contributed by atoms with Crippen LogP contribution in [-0.4, -0.2) is 46.3 Å². The number of hydrogen-bond acceptors (Lipinski definition) is 6. The average molecular weight is 464 g/mol. The molecule has 9 heteroatoms. The van der Waals surface area contributed by atoms with E-state index < -0.39 is 0 Å². The fourth-order valence-corrected chi connectivity index (χ4v) is 4.13. The molecule has 1 saturated heterocycles. The van der Waals surface area contributed by atoms with E-state index in [1.807, 2.05) is 42.5 Å². The summed E-state index contributed by atoms with van der Waals surface area (Å²) in [6, 6.07) is 16.6. The lowest BCUT2D eigenvalue weighted by Crippen LogP contribution is -2.40. The molecule has 0 aliphatic carbocycles. The number of piperidine rings is 1. The Morgan fingerprint density at radius 3 is 2.73 bits per heavy atom. The Hall–Kier alpha value is -3.65. The number of fused-ring (bicyclic) bond motifs is 1. The van der Waals surface area contributed by atoms with Gasteiger partial charge >= 0.3 is 6.03 Å². The van der Waals surface area contributed by atoms with Crippen molar-refractivity contribution in [1.29, 1.82) is 0 Å². The summed E-state index contributed by atoms with van der Waals surface area (Å²) in [5.41, 5.74) is 2.09. The molecule has 2 aromatic heterocycles. The maximum absolute atomic E-state index is 12.6. The summed E-state index contributed by atoms with van der Waals surface area (Å²) >= 11 is 6.14. The summed E-state index contributed by atoms with van der Waals surface area (Å²) in [5.74, 6) is 1.92. The molecule has 3 heterocycles. The number of amides is 2. The van der Waals surface area contributed by atoms with Crippen molar-refractivity contribution in [3.63, 3.8) is 0 Å². The molecule has 5 rings (SSSR count). The Morgan fingerprint density at radius 1 is 1.12 bits per heavy atom. The number of nitrogens with one attached hydrogen (secondary N) is 1. The molecule has 1 N–H and O–H groups in total. The normalized spacial score (nSPS) is 14.4. The number of pyridine rings is 1. The van der Waals surface area contributed by atoms with Crippen molar-refractivity contribution in [3.8, 4) is 17.3 Å². The summed E-state index contributed by atoms with van der Waals surface area (Å²) in [6.07, 6.45) is 1.48. The fraction of sp³-hybridized carbons (Fsp3) is 0.250. The predicted octanol–water partition coefficient (Wildman–Crippen LogP) is 5.36. The minimum absolute atomic E-state index is 0.0975. The molecule has 2 aromatic carbocycles. The van der Waals surface area contributed by atoms with E-state index in [9.17, 15) is 4.79 Å². The van der Waals surface area contributed by atoms with Crippen LogP contribution in [0.3, 0.4) is 0 Å². The third-order valence-corrected chi connectivity index (χ3v) is 6.14. The average Bonchev–Trinajstić information content (AvgIpc) is 3.35. The Balaban J connectivity index is 1.23. The Bertz CT molecular complexity index is 1300. The van der Waals surface area contributed by atoms with E-state index in [2.05, 4.69) is 20.4 Å². The largest absolute Gasteiger partial charge is 0.497 e. The molecule has 0 bridgehead atoms. The van der Waals surface area contributed by atoms with Gasteiger partial charge in [-0.05, 0) is 49.2 Å². The molecule has 2 amide bonds. The van der Waals surface area contributed by atoms with Gasteiger partial charge in [-0.1, -0.05) is 35.0 Å². The first-order valence-corrected chi connectivity index (χ1v) is 11.1. The third-order valence-electron chi connectivity index (χ3n) is 5.81. The molecular weight excluding hydrogens is 442 g/mol. The van der Waals surface area contributed by atoms with Gasteiger partial charge in [0, 0.05) is 24.4 Å². The summed E-state index contributed by atoms with van der Waals surface area (Å²) in [5, 5.41) is 8.50. The van der Waals surface area contributed by atoms with Gasteiger partial charge in [0.1, 0.15) is 11.4 Å². The van der Waals surface area contributed by atoms with Gasteiger partial charge in [-0.3, -0.25) is 0 Å². The molecule has 1 aliphatic heterocycles. The van der Waals surface area contributed by atoms with Crippen LogP contribution in [0.5, 0.6) is 5.75 Å².